The van der Waals surface area contributed by atoms with Crippen molar-refractivity contribution in [3.05, 3.63) is 67.5 Å². The van der Waals surface area contributed by atoms with Gasteiger partial charge in [0.2, 0.25) is 11.9 Å². The number of nitrogens with two attached hydrogens (primary N) is 1. The molecule has 0 radical (unpaired) electrons. The summed E-state index contributed by atoms with van der Waals surface area (Å²) in [5.41, 5.74) is 10.5. The van der Waals surface area contributed by atoms with Gasteiger partial charge in [0, 0.05) is 55.1 Å². The minimum atomic E-state index is -0.323. The van der Waals surface area contributed by atoms with Crippen molar-refractivity contribution in [3.63, 3.8) is 0 Å². The molecule has 0 spiro atoms. The molecular formula is C25H27N7O2. The topological polar surface area (TPSA) is 121 Å². The lowest BCUT2D eigenvalue weighted by Crippen LogP contribution is -2.26. The molecule has 9 nitrogen and oxygen atoms in total. The maximum Gasteiger partial charge on any atom is 0.247 e. The van der Waals surface area contributed by atoms with Crippen LogP contribution in [0.3, 0.4) is 0 Å². The second-order valence-electron chi connectivity index (χ2n) is 7.61. The molecule has 0 saturated carbocycles. The summed E-state index contributed by atoms with van der Waals surface area (Å²) in [4.78, 5) is 26.4. The standard InChI is InChI=1S/C25H27N7O2/c1-4-24(33)29-20-13-21(23(34-3)14-22(20)32(2)12-10-26)31-25-27-11-9-19(30-25)17-15-28-18-8-6-5-7-16(17)18/h4-9,11,13-15,28H,1,10,12,26H2,2-3H3,(H,29,33)(H,27,30,31). The molecule has 0 fully saturated rings. The number of carbonyl (C=O) groups is 1. The number of aromatic nitrogens is 3. The van der Waals surface area contributed by atoms with Gasteiger partial charge >= 0.3 is 0 Å². The van der Waals surface area contributed by atoms with Gasteiger partial charge in [0.25, 0.3) is 0 Å². The molecule has 1 amide bonds. The number of fused-ring (bicyclic) bond motifs is 1. The van der Waals surface area contributed by atoms with Gasteiger partial charge in [0.1, 0.15) is 5.75 Å². The molecule has 0 aliphatic heterocycles. The third-order valence-electron chi connectivity index (χ3n) is 5.40. The van der Waals surface area contributed by atoms with Crippen molar-refractivity contribution >= 4 is 39.8 Å². The van der Waals surface area contributed by atoms with E-state index in [1.54, 1.807) is 19.4 Å². The van der Waals surface area contributed by atoms with Gasteiger partial charge in [-0.25, -0.2) is 9.97 Å². The van der Waals surface area contributed by atoms with Gasteiger partial charge in [-0.2, -0.15) is 0 Å². The summed E-state index contributed by atoms with van der Waals surface area (Å²) < 4.78 is 5.62. The van der Waals surface area contributed by atoms with E-state index < -0.39 is 0 Å². The number of amides is 1. The van der Waals surface area contributed by atoms with Crippen LogP contribution in [-0.4, -0.2) is 48.1 Å². The van der Waals surface area contributed by atoms with Gasteiger partial charge < -0.3 is 31.0 Å². The van der Waals surface area contributed by atoms with Gasteiger partial charge in [-0.15, -0.1) is 0 Å². The van der Waals surface area contributed by atoms with E-state index in [0.29, 0.717) is 36.2 Å². The average Bonchev–Trinajstić information content (AvgIpc) is 3.28. The first-order valence-corrected chi connectivity index (χ1v) is 10.8. The minimum absolute atomic E-state index is 0.323. The van der Waals surface area contributed by atoms with Crippen LogP contribution >= 0.6 is 0 Å². The molecule has 0 atom stereocenters. The molecule has 174 valence electrons. The highest BCUT2D eigenvalue weighted by molar-refractivity contribution is 6.02. The number of nitrogens with zero attached hydrogens (tertiary/aromatic N) is 3. The monoisotopic (exact) mass is 457 g/mol. The van der Waals surface area contributed by atoms with Crippen molar-refractivity contribution in [2.45, 2.75) is 0 Å². The molecule has 9 heteroatoms. The number of hydrogen-bond donors (Lipinski definition) is 4. The molecule has 0 saturated heterocycles. The summed E-state index contributed by atoms with van der Waals surface area (Å²) in [6.45, 7) is 4.60. The van der Waals surface area contributed by atoms with Crippen LogP contribution in [0.2, 0.25) is 0 Å². The SMILES string of the molecule is C=CC(=O)Nc1cc(Nc2nccc(-c3c[nH]c4ccccc34)n2)c(OC)cc1N(C)CCN. The predicted molar refractivity (Wildman–Crippen MR) is 137 cm³/mol. The molecule has 0 aliphatic carbocycles. The molecule has 2 aromatic heterocycles. The van der Waals surface area contributed by atoms with E-state index >= 15 is 0 Å². The predicted octanol–water partition coefficient (Wildman–Crippen LogP) is 3.90. The van der Waals surface area contributed by atoms with Crippen LogP contribution in [0, 0.1) is 0 Å². The Bertz CT molecular complexity index is 1330. The van der Waals surface area contributed by atoms with E-state index in [-0.39, 0.29) is 5.91 Å². The third kappa shape index (κ3) is 4.69. The lowest BCUT2D eigenvalue weighted by molar-refractivity contribution is -0.111. The number of carbonyl (C=O) groups excluding carboxylic acids is 1. The van der Waals surface area contributed by atoms with Crippen LogP contribution in [0.1, 0.15) is 0 Å². The molecule has 0 bridgehead atoms. The second kappa shape index (κ2) is 10.1. The van der Waals surface area contributed by atoms with Gasteiger partial charge in [-0.3, -0.25) is 4.79 Å². The highest BCUT2D eigenvalue weighted by Gasteiger charge is 2.16. The van der Waals surface area contributed by atoms with E-state index in [4.69, 9.17) is 15.5 Å². The fourth-order valence-electron chi connectivity index (χ4n) is 3.72. The number of rotatable bonds is 9. The Kier molecular flexibility index (Phi) is 6.74. The van der Waals surface area contributed by atoms with Crippen LogP contribution in [-0.2, 0) is 4.79 Å². The number of hydrogen-bond acceptors (Lipinski definition) is 7. The van der Waals surface area contributed by atoms with E-state index in [9.17, 15) is 4.79 Å². The Labute approximate surface area is 197 Å². The van der Waals surface area contributed by atoms with E-state index in [1.165, 1.54) is 6.08 Å². The zero-order valence-electron chi connectivity index (χ0n) is 19.1. The Morgan fingerprint density at radius 1 is 1.26 bits per heavy atom. The third-order valence-corrected chi connectivity index (χ3v) is 5.40. The first kappa shape index (κ1) is 22.8. The van der Waals surface area contributed by atoms with Gasteiger partial charge in [0.15, 0.2) is 0 Å². The Hall–Kier alpha value is -4.37. The zero-order valence-corrected chi connectivity index (χ0v) is 19.1. The number of methoxy groups -OCH3 is 1. The molecule has 2 heterocycles. The van der Waals surface area contributed by atoms with Crippen LogP contribution < -0.4 is 26.0 Å². The number of likely N-dealkylation sites (N-methyl/N-ethyl adjacent to an activating group) is 1. The molecular weight excluding hydrogens is 430 g/mol. The largest absolute Gasteiger partial charge is 0.494 e. The quantitative estimate of drug-likeness (QED) is 0.281. The maximum absolute atomic E-state index is 12.1. The van der Waals surface area contributed by atoms with Gasteiger partial charge in [-0.1, -0.05) is 24.8 Å². The minimum Gasteiger partial charge on any atom is -0.494 e. The van der Waals surface area contributed by atoms with E-state index in [1.807, 2.05) is 54.5 Å². The van der Waals surface area contributed by atoms with Crippen LogP contribution in [0.25, 0.3) is 22.2 Å². The maximum atomic E-state index is 12.1. The molecule has 0 aliphatic rings. The van der Waals surface area contributed by atoms with Crippen LogP contribution in [0.15, 0.2) is 67.5 Å². The fourth-order valence-corrected chi connectivity index (χ4v) is 3.72. The van der Waals surface area contributed by atoms with Crippen LogP contribution in [0.5, 0.6) is 5.75 Å². The Balaban J connectivity index is 1.72. The lowest BCUT2D eigenvalue weighted by Gasteiger charge is -2.24. The highest BCUT2D eigenvalue weighted by atomic mass is 16.5. The van der Waals surface area contributed by atoms with Crippen molar-refractivity contribution in [1.82, 2.24) is 15.0 Å². The molecule has 0 unspecified atom stereocenters. The molecule has 5 N–H and O–H groups in total. The summed E-state index contributed by atoms with van der Waals surface area (Å²) >= 11 is 0. The molecule has 2 aromatic carbocycles. The number of aromatic amines is 1. The van der Waals surface area contributed by atoms with Gasteiger partial charge in [0.05, 0.1) is 29.9 Å². The number of anilines is 4. The zero-order chi connectivity index (χ0) is 24.1. The first-order chi connectivity index (χ1) is 16.5. The summed E-state index contributed by atoms with van der Waals surface area (Å²) in [6.07, 6.45) is 4.85. The summed E-state index contributed by atoms with van der Waals surface area (Å²) in [5, 5.41) is 7.15. The summed E-state index contributed by atoms with van der Waals surface area (Å²) in [6, 6.07) is 13.5. The number of para-hydroxylation sites is 1. The number of benzene rings is 2. The van der Waals surface area contributed by atoms with Crippen molar-refractivity contribution < 1.29 is 9.53 Å². The van der Waals surface area contributed by atoms with Crippen molar-refractivity contribution in [2.75, 3.05) is 42.8 Å². The smallest absolute Gasteiger partial charge is 0.247 e. The second-order valence-corrected chi connectivity index (χ2v) is 7.61. The van der Waals surface area contributed by atoms with Crippen molar-refractivity contribution in [2.24, 2.45) is 5.73 Å². The normalized spacial score (nSPS) is 10.7. The molecule has 34 heavy (non-hydrogen) atoms. The summed E-state index contributed by atoms with van der Waals surface area (Å²) in [5.74, 6) is 0.637. The van der Waals surface area contributed by atoms with E-state index in [2.05, 4.69) is 27.2 Å². The Morgan fingerprint density at radius 2 is 2.09 bits per heavy atom. The lowest BCUT2D eigenvalue weighted by atomic mass is 10.1. The van der Waals surface area contributed by atoms with E-state index in [0.717, 1.165) is 27.8 Å². The molecule has 4 rings (SSSR count). The summed E-state index contributed by atoms with van der Waals surface area (Å²) in [7, 11) is 3.48. The number of nitrogens with one attached hydrogen (secondary N) is 3. The van der Waals surface area contributed by atoms with Crippen molar-refractivity contribution in [3.8, 4) is 17.0 Å². The Morgan fingerprint density at radius 3 is 2.85 bits per heavy atom. The highest BCUT2D eigenvalue weighted by Crippen LogP contribution is 2.38. The average molecular weight is 458 g/mol. The number of H-pyrrole nitrogens is 1. The van der Waals surface area contributed by atoms with Crippen molar-refractivity contribution in [1.29, 1.82) is 0 Å². The molecule has 4 aromatic rings. The van der Waals surface area contributed by atoms with Crippen LogP contribution in [0.4, 0.5) is 23.0 Å². The first-order valence-electron chi connectivity index (χ1n) is 10.8. The van der Waals surface area contributed by atoms with Gasteiger partial charge in [-0.05, 0) is 24.3 Å². The fraction of sp³-hybridized carbons (Fsp3) is 0.160. The number of ether oxygens (including phenoxy) is 1.